The number of rotatable bonds is 2. The van der Waals surface area contributed by atoms with Crippen molar-refractivity contribution in [3.8, 4) is 0 Å². The van der Waals surface area contributed by atoms with Crippen molar-refractivity contribution in [2.45, 2.75) is 25.3 Å². The number of halogens is 1. The lowest BCUT2D eigenvalue weighted by Crippen LogP contribution is -2.42. The summed E-state index contributed by atoms with van der Waals surface area (Å²) in [6.45, 7) is 5.22. The molecule has 3 heterocycles. The molecule has 0 saturated carbocycles. The summed E-state index contributed by atoms with van der Waals surface area (Å²) in [5.74, 6) is 0.697. The first-order chi connectivity index (χ1) is 9.89. The minimum Gasteiger partial charge on any atom is -0.288 e. The minimum absolute atomic E-state index is 0.0343. The normalized spacial score (nSPS) is 24.5. The summed E-state index contributed by atoms with van der Waals surface area (Å²) in [5.41, 5.74) is 0.541. The molecular weight excluding hydrogens is 310 g/mol. The van der Waals surface area contributed by atoms with Gasteiger partial charge in [0, 0.05) is 19.3 Å². The molecule has 1 fully saturated rings. The van der Waals surface area contributed by atoms with Gasteiger partial charge in [-0.3, -0.25) is 4.40 Å². The maximum Gasteiger partial charge on any atom is 0.262 e. The van der Waals surface area contributed by atoms with Crippen LogP contribution in [0.2, 0.25) is 5.15 Å². The zero-order valence-electron chi connectivity index (χ0n) is 12.0. The highest BCUT2D eigenvalue weighted by molar-refractivity contribution is 7.89. The van der Waals surface area contributed by atoms with E-state index in [0.717, 1.165) is 6.42 Å². The Bertz CT molecular complexity index is 762. The van der Waals surface area contributed by atoms with Crippen LogP contribution in [0.25, 0.3) is 5.65 Å². The van der Waals surface area contributed by atoms with Crippen LogP contribution in [0.5, 0.6) is 0 Å². The third-order valence-corrected chi connectivity index (χ3v) is 6.10. The highest BCUT2D eigenvalue weighted by Crippen LogP contribution is 2.30. The Balaban J connectivity index is 2.10. The molecule has 0 aromatic carbocycles. The van der Waals surface area contributed by atoms with Crippen LogP contribution in [0.4, 0.5) is 0 Å². The van der Waals surface area contributed by atoms with E-state index in [-0.39, 0.29) is 10.2 Å². The Morgan fingerprint density at radius 3 is 2.57 bits per heavy atom. The topological polar surface area (TPSA) is 54.7 Å². The van der Waals surface area contributed by atoms with E-state index in [0.29, 0.717) is 30.6 Å². The molecular formula is C14H18ClN3O2S. The molecule has 1 aliphatic heterocycles. The summed E-state index contributed by atoms with van der Waals surface area (Å²) in [6.07, 6.45) is 2.73. The second-order valence-corrected chi connectivity index (χ2v) is 8.12. The van der Waals surface area contributed by atoms with Gasteiger partial charge in [-0.15, -0.1) is 0 Å². The molecule has 0 radical (unpaired) electrons. The second kappa shape index (κ2) is 5.26. The number of aromatic nitrogens is 2. The maximum absolute atomic E-state index is 13.0. The molecule has 7 heteroatoms. The monoisotopic (exact) mass is 327 g/mol. The number of fused-ring (bicyclic) bond motifs is 1. The summed E-state index contributed by atoms with van der Waals surface area (Å²) >= 11 is 6.11. The van der Waals surface area contributed by atoms with Crippen molar-refractivity contribution >= 4 is 27.3 Å². The zero-order valence-corrected chi connectivity index (χ0v) is 13.6. The Hall–Kier alpha value is -1.11. The largest absolute Gasteiger partial charge is 0.288 e. The quantitative estimate of drug-likeness (QED) is 0.852. The number of piperidine rings is 1. The Kier molecular flexibility index (Phi) is 3.71. The smallest absolute Gasteiger partial charge is 0.262 e. The molecule has 1 aliphatic rings. The third-order valence-electron chi connectivity index (χ3n) is 3.87. The molecule has 2 aromatic heterocycles. The first-order valence-electron chi connectivity index (χ1n) is 7.02. The van der Waals surface area contributed by atoms with Gasteiger partial charge in [-0.05, 0) is 30.4 Å². The molecule has 114 valence electrons. The Labute approximate surface area is 129 Å². The third kappa shape index (κ3) is 2.56. The van der Waals surface area contributed by atoms with E-state index >= 15 is 0 Å². The van der Waals surface area contributed by atoms with Crippen molar-refractivity contribution < 1.29 is 8.42 Å². The van der Waals surface area contributed by atoms with Crippen LogP contribution in [0.1, 0.15) is 20.3 Å². The van der Waals surface area contributed by atoms with E-state index in [4.69, 9.17) is 11.6 Å². The Morgan fingerprint density at radius 1 is 1.24 bits per heavy atom. The van der Waals surface area contributed by atoms with Crippen molar-refractivity contribution in [1.82, 2.24) is 13.7 Å². The van der Waals surface area contributed by atoms with Gasteiger partial charge >= 0.3 is 0 Å². The molecule has 2 aromatic rings. The van der Waals surface area contributed by atoms with Crippen LogP contribution in [-0.4, -0.2) is 35.2 Å². The number of imidazole rings is 1. The molecule has 21 heavy (non-hydrogen) atoms. The number of sulfonamides is 1. The molecule has 0 N–H and O–H groups in total. The van der Waals surface area contributed by atoms with Crippen molar-refractivity contribution in [2.75, 3.05) is 13.1 Å². The molecule has 3 rings (SSSR count). The van der Waals surface area contributed by atoms with Crippen LogP contribution < -0.4 is 0 Å². The molecule has 2 unspecified atom stereocenters. The van der Waals surface area contributed by atoms with Gasteiger partial charge in [0.1, 0.15) is 5.65 Å². The molecule has 5 nitrogen and oxygen atoms in total. The minimum atomic E-state index is -3.64. The van der Waals surface area contributed by atoms with Crippen LogP contribution in [0.15, 0.2) is 29.4 Å². The fourth-order valence-electron chi connectivity index (χ4n) is 3.10. The lowest BCUT2D eigenvalue weighted by atomic mass is 9.94. The van der Waals surface area contributed by atoms with E-state index in [2.05, 4.69) is 18.8 Å². The lowest BCUT2D eigenvalue weighted by Gasteiger charge is -2.33. The van der Waals surface area contributed by atoms with Gasteiger partial charge in [-0.25, -0.2) is 13.4 Å². The van der Waals surface area contributed by atoms with E-state index in [1.165, 1.54) is 4.31 Å². The van der Waals surface area contributed by atoms with Crippen molar-refractivity contribution in [3.05, 3.63) is 29.5 Å². The van der Waals surface area contributed by atoms with Crippen LogP contribution in [0.3, 0.4) is 0 Å². The van der Waals surface area contributed by atoms with Gasteiger partial charge in [-0.1, -0.05) is 31.5 Å². The maximum atomic E-state index is 13.0. The van der Waals surface area contributed by atoms with Crippen LogP contribution in [-0.2, 0) is 10.0 Å². The molecule has 2 atom stereocenters. The molecule has 0 amide bonds. The predicted octanol–water partition coefficient (Wildman–Crippen LogP) is 2.65. The van der Waals surface area contributed by atoms with Crippen molar-refractivity contribution in [1.29, 1.82) is 0 Å². The molecule has 0 bridgehead atoms. The summed E-state index contributed by atoms with van der Waals surface area (Å²) in [4.78, 5) is 4.13. The summed E-state index contributed by atoms with van der Waals surface area (Å²) in [6, 6.07) is 5.32. The average Bonchev–Trinajstić information content (AvgIpc) is 2.73. The van der Waals surface area contributed by atoms with Crippen molar-refractivity contribution in [2.24, 2.45) is 11.8 Å². The summed E-state index contributed by atoms with van der Waals surface area (Å²) in [5, 5.41) is 0.105. The average molecular weight is 328 g/mol. The van der Waals surface area contributed by atoms with Crippen LogP contribution >= 0.6 is 11.6 Å². The van der Waals surface area contributed by atoms with Gasteiger partial charge in [0.25, 0.3) is 10.0 Å². The molecule has 0 spiro atoms. The van der Waals surface area contributed by atoms with Gasteiger partial charge < -0.3 is 0 Å². The molecule has 1 saturated heterocycles. The number of hydrogen-bond donors (Lipinski definition) is 0. The molecule has 0 aliphatic carbocycles. The standard InChI is InChI=1S/C14H18ClN3O2S/c1-10-7-11(2)9-17(8-10)21(19,20)14-13(15)16-12-5-3-4-6-18(12)14/h3-6,10-11H,7-9H2,1-2H3. The van der Waals surface area contributed by atoms with Gasteiger partial charge in [0.2, 0.25) is 0 Å². The summed E-state index contributed by atoms with van der Waals surface area (Å²) in [7, 11) is -3.64. The van der Waals surface area contributed by atoms with E-state index in [9.17, 15) is 8.42 Å². The highest BCUT2D eigenvalue weighted by atomic mass is 35.5. The first kappa shape index (κ1) is 14.8. The SMILES string of the molecule is CC1CC(C)CN(S(=O)(=O)c2c(Cl)nc3ccccn23)C1. The van der Waals surface area contributed by atoms with Crippen molar-refractivity contribution in [3.63, 3.8) is 0 Å². The fourth-order valence-corrected chi connectivity index (χ4v) is 5.38. The van der Waals surface area contributed by atoms with E-state index in [1.807, 2.05) is 0 Å². The van der Waals surface area contributed by atoms with Gasteiger partial charge in [0.15, 0.2) is 10.2 Å². The second-order valence-electron chi connectivity index (χ2n) is 5.90. The number of pyridine rings is 1. The van der Waals surface area contributed by atoms with E-state index in [1.54, 1.807) is 28.8 Å². The summed E-state index contributed by atoms with van der Waals surface area (Å²) < 4.78 is 29.0. The zero-order chi connectivity index (χ0) is 15.2. The van der Waals surface area contributed by atoms with Crippen LogP contribution in [0, 0.1) is 11.8 Å². The highest BCUT2D eigenvalue weighted by Gasteiger charge is 2.35. The number of hydrogen-bond acceptors (Lipinski definition) is 3. The fraction of sp³-hybridized carbons (Fsp3) is 0.500. The predicted molar refractivity (Wildman–Crippen MR) is 81.9 cm³/mol. The van der Waals surface area contributed by atoms with E-state index < -0.39 is 10.0 Å². The lowest BCUT2D eigenvalue weighted by molar-refractivity contribution is 0.222. The van der Waals surface area contributed by atoms with Gasteiger partial charge in [-0.2, -0.15) is 4.31 Å². The first-order valence-corrected chi connectivity index (χ1v) is 8.84. The Morgan fingerprint density at radius 2 is 1.90 bits per heavy atom. The number of nitrogens with zero attached hydrogens (tertiary/aromatic N) is 3. The van der Waals surface area contributed by atoms with Gasteiger partial charge in [0.05, 0.1) is 0 Å².